The molecule has 5 heteroatoms. The highest BCUT2D eigenvalue weighted by molar-refractivity contribution is 9.10. The third-order valence-electron chi connectivity index (χ3n) is 4.14. The van der Waals surface area contributed by atoms with E-state index in [-0.39, 0.29) is 5.91 Å². The standard InChI is InChI=1S/C20H16BrN3O/c21-15-8-4-7-14(11-15)20(25)22-16-9-10-17-18(12-16)24-19(23-17)13-5-2-1-3-6-13/h1-2,4-5,7-12H,3,6H2,(H,22,25)(H,23,24). The first kappa shape index (κ1) is 15.8. The molecular formula is C20H16BrN3O. The number of carbonyl (C=O) groups is 1. The number of nitrogens with one attached hydrogen (secondary N) is 2. The van der Waals surface area contributed by atoms with Crippen molar-refractivity contribution in [1.82, 2.24) is 9.97 Å². The first-order chi connectivity index (χ1) is 12.2. The van der Waals surface area contributed by atoms with Crippen LogP contribution in [0.4, 0.5) is 5.69 Å². The van der Waals surface area contributed by atoms with Crippen LogP contribution < -0.4 is 5.32 Å². The topological polar surface area (TPSA) is 57.8 Å². The van der Waals surface area contributed by atoms with Crippen molar-refractivity contribution in [2.45, 2.75) is 12.8 Å². The second-order valence-corrected chi connectivity index (χ2v) is 6.86. The summed E-state index contributed by atoms with van der Waals surface area (Å²) in [4.78, 5) is 20.4. The summed E-state index contributed by atoms with van der Waals surface area (Å²) >= 11 is 3.39. The maximum atomic E-state index is 12.4. The number of H-pyrrole nitrogens is 1. The molecule has 0 bridgehead atoms. The number of amides is 1. The normalized spacial score (nSPS) is 13.7. The summed E-state index contributed by atoms with van der Waals surface area (Å²) in [6, 6.07) is 13.0. The molecular weight excluding hydrogens is 378 g/mol. The van der Waals surface area contributed by atoms with Crippen LogP contribution in [0.25, 0.3) is 16.6 Å². The van der Waals surface area contributed by atoms with Crippen molar-refractivity contribution < 1.29 is 4.79 Å². The van der Waals surface area contributed by atoms with Gasteiger partial charge in [0.25, 0.3) is 5.91 Å². The third kappa shape index (κ3) is 3.42. The monoisotopic (exact) mass is 393 g/mol. The average Bonchev–Trinajstić information content (AvgIpc) is 3.06. The van der Waals surface area contributed by atoms with Crippen LogP contribution in [0.2, 0.25) is 0 Å². The minimum atomic E-state index is -0.138. The number of halogens is 1. The Hall–Kier alpha value is -2.66. The molecule has 0 atom stereocenters. The Kier molecular flexibility index (Phi) is 4.24. The van der Waals surface area contributed by atoms with Crippen LogP contribution in [-0.2, 0) is 0 Å². The highest BCUT2D eigenvalue weighted by atomic mass is 79.9. The van der Waals surface area contributed by atoms with Crippen LogP contribution in [-0.4, -0.2) is 15.9 Å². The van der Waals surface area contributed by atoms with Gasteiger partial charge >= 0.3 is 0 Å². The summed E-state index contributed by atoms with van der Waals surface area (Å²) in [5, 5.41) is 2.93. The second-order valence-electron chi connectivity index (χ2n) is 5.94. The lowest BCUT2D eigenvalue weighted by molar-refractivity contribution is 0.102. The van der Waals surface area contributed by atoms with Gasteiger partial charge < -0.3 is 10.3 Å². The molecule has 4 nitrogen and oxygen atoms in total. The summed E-state index contributed by atoms with van der Waals surface area (Å²) in [6.45, 7) is 0. The van der Waals surface area contributed by atoms with E-state index >= 15 is 0 Å². The fourth-order valence-electron chi connectivity index (χ4n) is 2.87. The number of benzene rings is 2. The molecule has 1 amide bonds. The Morgan fingerprint density at radius 3 is 2.92 bits per heavy atom. The molecule has 0 radical (unpaired) electrons. The fourth-order valence-corrected chi connectivity index (χ4v) is 3.27. The summed E-state index contributed by atoms with van der Waals surface area (Å²) in [6.07, 6.45) is 8.34. The molecule has 124 valence electrons. The Balaban J connectivity index is 1.59. The molecule has 2 aromatic carbocycles. The number of allylic oxidation sites excluding steroid dienone is 4. The number of hydrogen-bond donors (Lipinski definition) is 2. The Morgan fingerprint density at radius 1 is 1.20 bits per heavy atom. The van der Waals surface area contributed by atoms with Crippen molar-refractivity contribution >= 4 is 44.1 Å². The van der Waals surface area contributed by atoms with Crippen LogP contribution in [0.15, 0.2) is 65.2 Å². The maximum Gasteiger partial charge on any atom is 0.255 e. The molecule has 1 aliphatic carbocycles. The van der Waals surface area contributed by atoms with Crippen molar-refractivity contribution in [3.8, 4) is 0 Å². The number of aromatic amines is 1. The van der Waals surface area contributed by atoms with Crippen LogP contribution >= 0.6 is 15.9 Å². The molecule has 0 spiro atoms. The molecule has 0 saturated carbocycles. The van der Waals surface area contributed by atoms with Gasteiger partial charge in [0, 0.05) is 15.7 Å². The third-order valence-corrected chi connectivity index (χ3v) is 4.64. The molecule has 2 N–H and O–H groups in total. The summed E-state index contributed by atoms with van der Waals surface area (Å²) in [7, 11) is 0. The fraction of sp³-hybridized carbons (Fsp3) is 0.100. The first-order valence-electron chi connectivity index (χ1n) is 8.12. The molecule has 1 heterocycles. The number of fused-ring (bicyclic) bond motifs is 1. The predicted octanol–water partition coefficient (Wildman–Crippen LogP) is 5.31. The number of hydrogen-bond acceptors (Lipinski definition) is 2. The van der Waals surface area contributed by atoms with Crippen LogP contribution in [0.1, 0.15) is 29.0 Å². The zero-order valence-electron chi connectivity index (χ0n) is 13.4. The van der Waals surface area contributed by atoms with Crippen molar-refractivity contribution in [1.29, 1.82) is 0 Å². The minimum Gasteiger partial charge on any atom is -0.338 e. The molecule has 3 aromatic rings. The van der Waals surface area contributed by atoms with E-state index in [9.17, 15) is 4.79 Å². The first-order valence-corrected chi connectivity index (χ1v) is 8.91. The average molecular weight is 394 g/mol. The molecule has 25 heavy (non-hydrogen) atoms. The van der Waals surface area contributed by atoms with Gasteiger partial charge in [-0.2, -0.15) is 0 Å². The van der Waals surface area contributed by atoms with Gasteiger partial charge in [-0.1, -0.05) is 40.2 Å². The predicted molar refractivity (Wildman–Crippen MR) is 105 cm³/mol. The van der Waals surface area contributed by atoms with E-state index in [1.54, 1.807) is 12.1 Å². The van der Waals surface area contributed by atoms with Gasteiger partial charge in [0.2, 0.25) is 0 Å². The van der Waals surface area contributed by atoms with E-state index in [2.05, 4.69) is 49.4 Å². The zero-order valence-corrected chi connectivity index (χ0v) is 15.0. The van der Waals surface area contributed by atoms with Gasteiger partial charge in [-0.25, -0.2) is 4.98 Å². The van der Waals surface area contributed by atoms with E-state index in [1.807, 2.05) is 30.3 Å². The smallest absolute Gasteiger partial charge is 0.255 e. The Labute approximate surface area is 153 Å². The Bertz CT molecular complexity index is 1020. The van der Waals surface area contributed by atoms with E-state index in [4.69, 9.17) is 0 Å². The SMILES string of the molecule is O=C(Nc1ccc2nc(C3=CC=CCC3)[nH]c2c1)c1cccc(Br)c1. The number of carbonyl (C=O) groups excluding carboxylic acids is 1. The van der Waals surface area contributed by atoms with Gasteiger partial charge in [-0.05, 0) is 54.8 Å². The summed E-state index contributed by atoms with van der Waals surface area (Å²) < 4.78 is 0.878. The van der Waals surface area contributed by atoms with Gasteiger partial charge in [0.1, 0.15) is 5.82 Å². The molecule has 4 rings (SSSR count). The van der Waals surface area contributed by atoms with Crippen LogP contribution in [0, 0.1) is 0 Å². The second kappa shape index (κ2) is 6.69. The van der Waals surface area contributed by atoms with Gasteiger partial charge in [0.05, 0.1) is 11.0 Å². The van der Waals surface area contributed by atoms with Gasteiger partial charge in [-0.3, -0.25) is 4.79 Å². The molecule has 0 unspecified atom stereocenters. The summed E-state index contributed by atoms with van der Waals surface area (Å²) in [5.41, 5.74) is 4.37. The number of rotatable bonds is 3. The van der Waals surface area contributed by atoms with Crippen molar-refractivity contribution in [2.75, 3.05) is 5.32 Å². The lowest BCUT2D eigenvalue weighted by atomic mass is 10.1. The number of aromatic nitrogens is 2. The van der Waals surface area contributed by atoms with Crippen molar-refractivity contribution in [3.05, 3.63) is 76.6 Å². The molecule has 0 saturated heterocycles. The maximum absolute atomic E-state index is 12.4. The van der Waals surface area contributed by atoms with Crippen LogP contribution in [0.3, 0.4) is 0 Å². The lowest BCUT2D eigenvalue weighted by Gasteiger charge is -2.05. The zero-order chi connectivity index (χ0) is 17.2. The quantitative estimate of drug-likeness (QED) is 0.633. The highest BCUT2D eigenvalue weighted by Crippen LogP contribution is 2.25. The molecule has 1 aromatic heterocycles. The number of imidazole rings is 1. The van der Waals surface area contributed by atoms with Gasteiger partial charge in [-0.15, -0.1) is 0 Å². The Morgan fingerprint density at radius 2 is 2.12 bits per heavy atom. The highest BCUT2D eigenvalue weighted by Gasteiger charge is 2.11. The number of anilines is 1. The van der Waals surface area contributed by atoms with E-state index in [1.165, 1.54) is 5.57 Å². The molecule has 0 fully saturated rings. The van der Waals surface area contributed by atoms with Crippen LogP contribution in [0.5, 0.6) is 0 Å². The summed E-state index contributed by atoms with van der Waals surface area (Å²) in [5.74, 6) is 0.760. The number of nitrogens with zero attached hydrogens (tertiary/aromatic N) is 1. The van der Waals surface area contributed by atoms with E-state index in [0.717, 1.165) is 39.9 Å². The van der Waals surface area contributed by atoms with Crippen molar-refractivity contribution in [3.63, 3.8) is 0 Å². The van der Waals surface area contributed by atoms with E-state index < -0.39 is 0 Å². The molecule has 0 aliphatic heterocycles. The van der Waals surface area contributed by atoms with Gasteiger partial charge in [0.15, 0.2) is 0 Å². The lowest BCUT2D eigenvalue weighted by Crippen LogP contribution is -2.11. The van der Waals surface area contributed by atoms with Crippen molar-refractivity contribution in [2.24, 2.45) is 0 Å². The van der Waals surface area contributed by atoms with E-state index in [0.29, 0.717) is 5.56 Å². The largest absolute Gasteiger partial charge is 0.338 e. The minimum absolute atomic E-state index is 0.138. The molecule has 1 aliphatic rings.